The minimum absolute atomic E-state index is 0.287. The van der Waals surface area contributed by atoms with Gasteiger partial charge < -0.3 is 4.79 Å². The van der Waals surface area contributed by atoms with Gasteiger partial charge in [0.1, 0.15) is 6.79 Å². The Hall–Kier alpha value is -1.26. The lowest BCUT2D eigenvalue weighted by molar-refractivity contribution is -0.0979. The molecule has 1 aromatic rings. The van der Waals surface area contributed by atoms with E-state index in [0.717, 1.165) is 0 Å². The monoisotopic (exact) mass is 104 g/mol. The second-order valence-electron chi connectivity index (χ2n) is 0.635. The van der Waals surface area contributed by atoms with E-state index < -0.39 is 0 Å². The summed E-state index contributed by atoms with van der Waals surface area (Å²) < 4.78 is 3.98. The highest BCUT2D eigenvalue weighted by atomic mass is 16.6. The molecule has 0 aliphatic heterocycles. The number of hydrogen-bond acceptors (Lipinski definition) is 3. The number of aromatic nitrogens is 2. The molecule has 0 saturated heterocycles. The molecule has 0 fully saturated rings. The molecule has 0 aliphatic carbocycles. The van der Waals surface area contributed by atoms with Crippen LogP contribution in [0.1, 0.15) is 0 Å². The number of aromatic amines is 2. The number of rotatable bonds is 0. The molecule has 1 heterocycles. The van der Waals surface area contributed by atoms with Gasteiger partial charge in [-0.05, 0) is 0 Å². The van der Waals surface area contributed by atoms with E-state index in [9.17, 15) is 4.79 Å². The highest BCUT2D eigenvalue weighted by Crippen LogP contribution is 1.44. The molecule has 0 aliphatic rings. The van der Waals surface area contributed by atoms with E-state index in [0.29, 0.717) is 0 Å². The van der Waals surface area contributed by atoms with E-state index in [4.69, 9.17) is 4.79 Å². The van der Waals surface area contributed by atoms with E-state index in [-0.39, 0.29) is 5.69 Å². The first-order valence-electron chi connectivity index (χ1n) is 1.40. The maximum absolute atomic E-state index is 9.55. The molecular weight excluding hydrogens is 100 g/mol. The fourth-order valence-electron chi connectivity index (χ4n) is 0.0927. The largest absolute Gasteiger partial charge is 0.384 e. The van der Waals surface area contributed by atoms with Crippen molar-refractivity contribution in [3.8, 4) is 0 Å². The zero-order chi connectivity index (χ0) is 5.70. The smallest absolute Gasteiger partial charge is 0.307 e. The van der Waals surface area contributed by atoms with Gasteiger partial charge in [0.2, 0.25) is 0 Å². The molecule has 0 bridgehead atoms. The van der Waals surface area contributed by atoms with E-state index >= 15 is 0 Å². The van der Waals surface area contributed by atoms with Gasteiger partial charge in [-0.15, -0.1) is 10.3 Å². The van der Waals surface area contributed by atoms with Gasteiger partial charge in [0.15, 0.2) is 0 Å². The van der Waals surface area contributed by atoms with Gasteiger partial charge >= 0.3 is 5.69 Å². The topological polar surface area (TPSA) is 78.9 Å². The molecular formula is C2H4N2O3. The highest BCUT2D eigenvalue weighted by Gasteiger charge is 1.73. The molecule has 1 rings (SSSR count). The second-order valence-corrected chi connectivity index (χ2v) is 0.635. The molecule has 5 nitrogen and oxygen atoms in total. The minimum Gasteiger partial charge on any atom is -0.307 e. The highest BCUT2D eigenvalue weighted by molar-refractivity contribution is 5.10. The molecule has 7 heavy (non-hydrogen) atoms. The van der Waals surface area contributed by atoms with Crippen LogP contribution >= 0.6 is 0 Å². The average Bonchev–Trinajstić information content (AvgIpc) is 1.68. The molecule has 0 amide bonds. The van der Waals surface area contributed by atoms with Crippen molar-refractivity contribution in [2.75, 3.05) is 0 Å². The summed E-state index contributed by atoms with van der Waals surface area (Å²) in [5.41, 5.74) is -0.287. The number of carbonyl (C=O) groups is 1. The van der Waals surface area contributed by atoms with Gasteiger partial charge in [0.05, 0.1) is 0 Å². The lowest BCUT2D eigenvalue weighted by Crippen LogP contribution is -2.13. The molecule has 0 aromatic carbocycles. The number of H-pyrrole nitrogens is 2. The molecule has 5 heteroatoms. The Morgan fingerprint density at radius 2 is 1.71 bits per heavy atom. The Bertz CT molecular complexity index is 137. The minimum atomic E-state index is -0.287. The zero-order valence-corrected chi connectivity index (χ0v) is 3.43. The zero-order valence-electron chi connectivity index (χ0n) is 3.43. The number of hydrogen-bond donors (Lipinski definition) is 2. The summed E-state index contributed by atoms with van der Waals surface area (Å²) in [6.45, 7) is 2.00. The first-order chi connectivity index (χ1) is 3.39. The van der Waals surface area contributed by atoms with Crippen molar-refractivity contribution >= 4 is 6.79 Å². The van der Waals surface area contributed by atoms with Crippen molar-refractivity contribution in [1.29, 1.82) is 0 Å². The summed E-state index contributed by atoms with van der Waals surface area (Å²) in [4.78, 5) is 17.6. The summed E-state index contributed by atoms with van der Waals surface area (Å²) in [6, 6.07) is 0. The summed E-state index contributed by atoms with van der Waals surface area (Å²) in [5.74, 6) is 0. The van der Waals surface area contributed by atoms with Gasteiger partial charge in [-0.2, -0.15) is 0 Å². The summed E-state index contributed by atoms with van der Waals surface area (Å²) in [6.07, 6.45) is 0. The Morgan fingerprint density at radius 3 is 1.71 bits per heavy atom. The first kappa shape index (κ1) is 5.74. The van der Waals surface area contributed by atoms with E-state index in [1.165, 1.54) is 0 Å². The summed E-state index contributed by atoms with van der Waals surface area (Å²) >= 11 is 0. The van der Waals surface area contributed by atoms with Crippen LogP contribution in [0.15, 0.2) is 9.42 Å². The van der Waals surface area contributed by atoms with E-state index in [1.54, 1.807) is 0 Å². The predicted molar refractivity (Wildman–Crippen MR) is 20.8 cm³/mol. The molecule has 0 radical (unpaired) electrons. The third kappa shape index (κ3) is 1.58. The van der Waals surface area contributed by atoms with Crippen molar-refractivity contribution in [2.45, 2.75) is 0 Å². The first-order valence-corrected chi connectivity index (χ1v) is 1.40. The normalized spacial score (nSPS) is 6.86. The molecule has 0 spiro atoms. The Morgan fingerprint density at radius 1 is 1.43 bits per heavy atom. The van der Waals surface area contributed by atoms with Crippen LogP contribution in [0.3, 0.4) is 0 Å². The van der Waals surface area contributed by atoms with Crippen LogP contribution in [0.4, 0.5) is 0 Å². The summed E-state index contributed by atoms with van der Waals surface area (Å²) in [7, 11) is 0. The SMILES string of the molecule is C=O.O=c1[nH]o[nH]1. The average molecular weight is 104 g/mol. The van der Waals surface area contributed by atoms with Crippen LogP contribution < -0.4 is 5.69 Å². The van der Waals surface area contributed by atoms with Crippen molar-refractivity contribution in [1.82, 2.24) is 10.3 Å². The molecule has 1 aromatic heterocycles. The third-order valence-electron chi connectivity index (χ3n) is 0.287. The maximum Gasteiger partial charge on any atom is 0.384 e. The molecule has 2 N–H and O–H groups in total. The molecule has 0 saturated carbocycles. The second kappa shape index (κ2) is 2.95. The van der Waals surface area contributed by atoms with Crippen LogP contribution in [0.25, 0.3) is 0 Å². The maximum atomic E-state index is 9.55. The van der Waals surface area contributed by atoms with E-state index in [1.807, 2.05) is 17.1 Å². The fourth-order valence-corrected chi connectivity index (χ4v) is 0.0927. The van der Waals surface area contributed by atoms with Crippen molar-refractivity contribution in [2.24, 2.45) is 0 Å². The van der Waals surface area contributed by atoms with Crippen LogP contribution in [0.2, 0.25) is 0 Å². The van der Waals surface area contributed by atoms with Crippen LogP contribution in [0.5, 0.6) is 0 Å². The van der Waals surface area contributed by atoms with Gasteiger partial charge in [0, 0.05) is 0 Å². The van der Waals surface area contributed by atoms with Crippen molar-refractivity contribution in [3.63, 3.8) is 0 Å². The van der Waals surface area contributed by atoms with Crippen LogP contribution in [-0.2, 0) is 4.79 Å². The number of nitrogens with one attached hydrogen (secondary N) is 2. The number of carbonyl (C=O) groups excluding carboxylic acids is 1. The van der Waals surface area contributed by atoms with E-state index in [2.05, 4.69) is 4.63 Å². The lowest BCUT2D eigenvalue weighted by atomic mass is 11.3. The van der Waals surface area contributed by atoms with Crippen molar-refractivity contribution in [3.05, 3.63) is 10.5 Å². The van der Waals surface area contributed by atoms with Crippen LogP contribution in [0, 0.1) is 0 Å². The Labute approximate surface area is 38.3 Å². The van der Waals surface area contributed by atoms with Gasteiger partial charge in [0.25, 0.3) is 0 Å². The summed E-state index contributed by atoms with van der Waals surface area (Å²) in [5, 5.41) is 3.92. The van der Waals surface area contributed by atoms with Gasteiger partial charge in [-0.3, -0.25) is 4.63 Å². The lowest BCUT2D eigenvalue weighted by Gasteiger charge is -1.77. The molecule has 40 valence electrons. The van der Waals surface area contributed by atoms with Gasteiger partial charge in [-0.1, -0.05) is 0 Å². The quantitative estimate of drug-likeness (QED) is 0.448. The standard InChI is InChI=1S/CH2N2O2.CH2O/c4-1-2-5-3-1;1-2/h(H2,2,3,4);1H2. The molecule has 0 unspecified atom stereocenters. The third-order valence-corrected chi connectivity index (χ3v) is 0.287. The fraction of sp³-hybridized carbons (Fsp3) is 0. The predicted octanol–water partition coefficient (Wildman–Crippen LogP) is -0.889. The van der Waals surface area contributed by atoms with Crippen molar-refractivity contribution < 1.29 is 9.42 Å². The Kier molecular flexibility index (Phi) is 2.42. The van der Waals surface area contributed by atoms with Gasteiger partial charge in [-0.25, -0.2) is 4.79 Å². The Balaban J connectivity index is 0.000000162. The van der Waals surface area contributed by atoms with Crippen LogP contribution in [-0.4, -0.2) is 17.1 Å². The molecule has 0 atom stereocenters.